The summed E-state index contributed by atoms with van der Waals surface area (Å²) in [5, 5.41) is 0.977. The maximum absolute atomic E-state index is 14.7. The Morgan fingerprint density at radius 1 is 1.25 bits per heavy atom. The van der Waals surface area contributed by atoms with Crippen LogP contribution in [-0.2, 0) is 45.1 Å². The topological polar surface area (TPSA) is 114 Å². The molecule has 190 valence electrons. The summed E-state index contributed by atoms with van der Waals surface area (Å²) in [5.41, 5.74) is 10.7. The molecular formula is C27H30FN3O5. The minimum absolute atomic E-state index is 0.0634. The van der Waals surface area contributed by atoms with E-state index in [0.717, 1.165) is 41.3 Å². The molecule has 5 rings (SSSR count). The standard InChI is InChI=1S/C25H24FN3O5.C2H6/c1-12-13-4-3-5-14-16-9-29-20(24(16)28-19(23(13)14)7-18(12)26)6-15(17(11-33-2)25(29)32)21(10-30)34-22(31)8-27;1-2/h6-7,10,21H,3-5,8-9,11,27H2,1-2H3;1-2H3/t21-;/m1./s1. The van der Waals surface area contributed by atoms with E-state index in [1.165, 1.54) is 13.2 Å². The van der Waals surface area contributed by atoms with Crippen molar-refractivity contribution in [3.8, 4) is 11.4 Å². The van der Waals surface area contributed by atoms with Gasteiger partial charge in [-0.05, 0) is 48.9 Å². The van der Waals surface area contributed by atoms with Gasteiger partial charge in [0.1, 0.15) is 5.82 Å². The molecular weight excluding hydrogens is 465 g/mol. The van der Waals surface area contributed by atoms with Crippen molar-refractivity contribution in [2.45, 2.75) is 59.3 Å². The summed E-state index contributed by atoms with van der Waals surface area (Å²) in [6, 6.07) is 3.09. The molecule has 8 nitrogen and oxygen atoms in total. The van der Waals surface area contributed by atoms with Gasteiger partial charge in [-0.1, -0.05) is 13.8 Å². The number of aryl methyl sites for hydroxylation is 2. The number of nitrogens with two attached hydrogens (primary N) is 1. The number of aromatic nitrogens is 2. The van der Waals surface area contributed by atoms with Crippen molar-refractivity contribution in [3.05, 3.63) is 61.7 Å². The summed E-state index contributed by atoms with van der Waals surface area (Å²) in [4.78, 5) is 41.9. The number of halogens is 1. The molecule has 0 unspecified atom stereocenters. The molecule has 9 heteroatoms. The fourth-order valence-electron chi connectivity index (χ4n) is 5.22. The van der Waals surface area contributed by atoms with Gasteiger partial charge in [-0.15, -0.1) is 0 Å². The number of rotatable bonds is 6. The quantitative estimate of drug-likeness (QED) is 0.323. The van der Waals surface area contributed by atoms with Crippen LogP contribution in [0.2, 0.25) is 0 Å². The van der Waals surface area contributed by atoms with Gasteiger partial charge in [0.25, 0.3) is 5.56 Å². The van der Waals surface area contributed by atoms with Crippen LogP contribution in [0.15, 0.2) is 16.9 Å². The largest absolute Gasteiger partial charge is 0.449 e. The van der Waals surface area contributed by atoms with E-state index in [-0.39, 0.29) is 29.1 Å². The second-order valence-corrected chi connectivity index (χ2v) is 8.67. The molecule has 0 bridgehead atoms. The SMILES string of the molecule is CC.COCc1c([C@@H](C=O)OC(=O)CN)cc2n(c1=O)Cc1c-2nc2cc(F)c(C)c3c2c1CCC3. The molecule has 0 radical (unpaired) electrons. The average Bonchev–Trinajstić information content (AvgIpc) is 3.27. The minimum Gasteiger partial charge on any atom is -0.449 e. The Kier molecular flexibility index (Phi) is 7.33. The molecule has 1 aliphatic carbocycles. The number of nitrogens with zero attached hydrogens (tertiary/aromatic N) is 2. The van der Waals surface area contributed by atoms with Crippen molar-refractivity contribution in [3.63, 3.8) is 0 Å². The number of hydrogen-bond donors (Lipinski definition) is 1. The lowest BCUT2D eigenvalue weighted by atomic mass is 9.85. The van der Waals surface area contributed by atoms with Gasteiger partial charge >= 0.3 is 5.97 Å². The molecule has 36 heavy (non-hydrogen) atoms. The molecule has 2 N–H and O–H groups in total. The zero-order valence-corrected chi connectivity index (χ0v) is 20.9. The van der Waals surface area contributed by atoms with Crippen molar-refractivity contribution >= 4 is 23.2 Å². The molecule has 3 heterocycles. The lowest BCUT2D eigenvalue weighted by Crippen LogP contribution is -2.28. The molecule has 1 aliphatic heterocycles. The van der Waals surface area contributed by atoms with Crippen LogP contribution in [0.5, 0.6) is 0 Å². The molecule has 0 spiro atoms. The number of esters is 1. The second kappa shape index (κ2) is 10.3. The molecule has 0 fully saturated rings. The number of carbonyl (C=O) groups excluding carboxylic acids is 2. The van der Waals surface area contributed by atoms with Crippen LogP contribution in [0.4, 0.5) is 4.39 Å². The van der Waals surface area contributed by atoms with Crippen LogP contribution in [0, 0.1) is 12.7 Å². The van der Waals surface area contributed by atoms with Crippen molar-refractivity contribution in [1.82, 2.24) is 9.55 Å². The fraction of sp³-hybridized carbons (Fsp3) is 0.407. The van der Waals surface area contributed by atoms with Gasteiger partial charge < -0.3 is 19.8 Å². The Balaban J connectivity index is 0.00000148. The van der Waals surface area contributed by atoms with E-state index < -0.39 is 18.6 Å². The number of ether oxygens (including phenoxy) is 2. The normalized spacial score (nSPS) is 13.9. The highest BCUT2D eigenvalue weighted by molar-refractivity contribution is 5.92. The van der Waals surface area contributed by atoms with Crippen LogP contribution in [0.25, 0.3) is 22.3 Å². The summed E-state index contributed by atoms with van der Waals surface area (Å²) in [5.74, 6) is -1.07. The predicted octanol–water partition coefficient (Wildman–Crippen LogP) is 3.28. The monoisotopic (exact) mass is 495 g/mol. The van der Waals surface area contributed by atoms with E-state index in [9.17, 15) is 18.8 Å². The number of hydrogen-bond acceptors (Lipinski definition) is 7. The molecule has 3 aromatic rings. The Hall–Kier alpha value is -3.43. The van der Waals surface area contributed by atoms with E-state index in [2.05, 4.69) is 0 Å². The summed E-state index contributed by atoms with van der Waals surface area (Å²) < 4.78 is 26.7. The van der Waals surface area contributed by atoms with Crippen molar-refractivity contribution < 1.29 is 23.5 Å². The predicted molar refractivity (Wildman–Crippen MR) is 133 cm³/mol. The maximum atomic E-state index is 14.7. The van der Waals surface area contributed by atoms with Gasteiger partial charge in [0, 0.05) is 29.7 Å². The van der Waals surface area contributed by atoms with Gasteiger partial charge in [0.2, 0.25) is 0 Å². The number of methoxy groups -OCH3 is 1. The Labute approximate surface area is 208 Å². The first-order valence-electron chi connectivity index (χ1n) is 12.1. The molecule has 0 amide bonds. The third kappa shape index (κ3) is 4.02. The highest BCUT2D eigenvalue weighted by Gasteiger charge is 2.32. The zero-order chi connectivity index (χ0) is 26.1. The first-order valence-corrected chi connectivity index (χ1v) is 12.1. The maximum Gasteiger partial charge on any atom is 0.320 e. The lowest BCUT2D eigenvalue weighted by Gasteiger charge is -2.22. The van der Waals surface area contributed by atoms with E-state index >= 15 is 0 Å². The van der Waals surface area contributed by atoms with Crippen molar-refractivity contribution in [2.24, 2.45) is 5.73 Å². The summed E-state index contributed by atoms with van der Waals surface area (Å²) in [7, 11) is 1.44. The zero-order valence-electron chi connectivity index (χ0n) is 20.9. The van der Waals surface area contributed by atoms with Gasteiger partial charge in [-0.25, -0.2) is 9.37 Å². The minimum atomic E-state index is -1.31. The number of fused-ring (bicyclic) bond motifs is 4. The third-order valence-corrected chi connectivity index (χ3v) is 6.81. The molecule has 1 aromatic carbocycles. The average molecular weight is 496 g/mol. The summed E-state index contributed by atoms with van der Waals surface area (Å²) in [6.07, 6.45) is 1.63. The second-order valence-electron chi connectivity index (χ2n) is 8.67. The Bertz CT molecular complexity index is 1430. The van der Waals surface area contributed by atoms with Crippen LogP contribution in [-0.4, -0.2) is 35.5 Å². The highest BCUT2D eigenvalue weighted by Crippen LogP contribution is 2.41. The van der Waals surface area contributed by atoms with Gasteiger partial charge in [0.15, 0.2) is 12.4 Å². The number of benzene rings is 1. The number of pyridine rings is 2. The molecule has 2 aromatic heterocycles. The first-order chi connectivity index (χ1) is 17.4. The van der Waals surface area contributed by atoms with E-state index in [0.29, 0.717) is 35.3 Å². The van der Waals surface area contributed by atoms with Crippen LogP contribution in [0.3, 0.4) is 0 Å². The van der Waals surface area contributed by atoms with E-state index in [1.807, 2.05) is 13.8 Å². The van der Waals surface area contributed by atoms with Crippen molar-refractivity contribution in [2.75, 3.05) is 13.7 Å². The van der Waals surface area contributed by atoms with Crippen molar-refractivity contribution in [1.29, 1.82) is 0 Å². The Morgan fingerprint density at radius 3 is 2.64 bits per heavy atom. The molecule has 0 saturated carbocycles. The van der Waals surface area contributed by atoms with Crippen LogP contribution < -0.4 is 11.3 Å². The molecule has 2 aliphatic rings. The Morgan fingerprint density at radius 2 is 1.97 bits per heavy atom. The first kappa shape index (κ1) is 25.7. The smallest absolute Gasteiger partial charge is 0.320 e. The highest BCUT2D eigenvalue weighted by atomic mass is 19.1. The molecule has 1 atom stereocenters. The van der Waals surface area contributed by atoms with Gasteiger partial charge in [-0.2, -0.15) is 0 Å². The number of aldehydes is 1. The van der Waals surface area contributed by atoms with E-state index in [4.69, 9.17) is 20.2 Å². The lowest BCUT2D eigenvalue weighted by molar-refractivity contribution is -0.150. The number of carbonyl (C=O) groups is 2. The van der Waals surface area contributed by atoms with Gasteiger partial charge in [0.05, 0.1) is 42.2 Å². The van der Waals surface area contributed by atoms with E-state index in [1.54, 1.807) is 17.6 Å². The van der Waals surface area contributed by atoms with Gasteiger partial charge in [-0.3, -0.25) is 14.4 Å². The fourth-order valence-corrected chi connectivity index (χ4v) is 5.22. The summed E-state index contributed by atoms with van der Waals surface area (Å²) in [6.45, 7) is 5.65. The van der Waals surface area contributed by atoms with Crippen LogP contribution >= 0.6 is 0 Å². The third-order valence-electron chi connectivity index (χ3n) is 6.81. The molecule has 0 saturated heterocycles. The summed E-state index contributed by atoms with van der Waals surface area (Å²) >= 11 is 0. The van der Waals surface area contributed by atoms with Crippen LogP contribution in [0.1, 0.15) is 59.8 Å².